The van der Waals surface area contributed by atoms with Gasteiger partial charge in [-0.15, -0.1) is 0 Å². The summed E-state index contributed by atoms with van der Waals surface area (Å²) in [4.78, 5) is 11.5. The van der Waals surface area contributed by atoms with Crippen LogP contribution in [0.5, 0.6) is 0 Å². The van der Waals surface area contributed by atoms with Crippen LogP contribution in [0.4, 0.5) is 5.82 Å². The minimum atomic E-state index is 0.527. The van der Waals surface area contributed by atoms with Gasteiger partial charge in [0.2, 0.25) is 0 Å². The number of nitrogens with one attached hydrogen (secondary N) is 1. The number of rotatable bonds is 8. The van der Waals surface area contributed by atoms with Gasteiger partial charge < -0.3 is 5.32 Å². The number of aryl methyl sites for hydroxylation is 1. The standard InChI is InChI=1S/C15H28N4/c1-6-7-8-9-19(12(2)3)11-15-17-13(4)10-14(16-5)18-15/h10,12H,6-9,11H2,1-5H3,(H,16,17,18). The molecule has 1 rings (SSSR count). The van der Waals surface area contributed by atoms with Crippen LogP contribution in [-0.2, 0) is 6.54 Å². The van der Waals surface area contributed by atoms with Crippen molar-refractivity contribution in [1.82, 2.24) is 14.9 Å². The summed E-state index contributed by atoms with van der Waals surface area (Å²) in [6.07, 6.45) is 3.80. The van der Waals surface area contributed by atoms with E-state index in [9.17, 15) is 0 Å². The molecule has 0 aliphatic heterocycles. The first-order valence-electron chi connectivity index (χ1n) is 7.33. The summed E-state index contributed by atoms with van der Waals surface area (Å²) in [6, 6.07) is 2.50. The van der Waals surface area contributed by atoms with Crippen molar-refractivity contribution in [3.63, 3.8) is 0 Å². The lowest BCUT2D eigenvalue weighted by atomic mass is 10.2. The van der Waals surface area contributed by atoms with E-state index in [1.807, 2.05) is 20.0 Å². The van der Waals surface area contributed by atoms with Crippen LogP contribution in [0.2, 0.25) is 0 Å². The van der Waals surface area contributed by atoms with Crippen molar-refractivity contribution >= 4 is 5.82 Å². The van der Waals surface area contributed by atoms with Crippen LogP contribution in [0.25, 0.3) is 0 Å². The predicted octanol–water partition coefficient (Wildman–Crippen LogP) is 3.23. The first-order valence-corrected chi connectivity index (χ1v) is 7.33. The minimum absolute atomic E-state index is 0.527. The maximum Gasteiger partial charge on any atom is 0.144 e. The molecule has 4 heteroatoms. The lowest BCUT2D eigenvalue weighted by Gasteiger charge is -2.25. The number of anilines is 1. The zero-order valence-electron chi connectivity index (χ0n) is 13.0. The SMILES string of the molecule is CCCCCN(Cc1nc(C)cc(NC)n1)C(C)C. The summed E-state index contributed by atoms with van der Waals surface area (Å²) in [5, 5.41) is 3.09. The Morgan fingerprint density at radius 1 is 1.26 bits per heavy atom. The van der Waals surface area contributed by atoms with Crippen LogP contribution in [-0.4, -0.2) is 34.5 Å². The quantitative estimate of drug-likeness (QED) is 0.732. The van der Waals surface area contributed by atoms with Crippen LogP contribution in [0.1, 0.15) is 51.6 Å². The molecule has 108 valence electrons. The molecule has 1 N–H and O–H groups in total. The van der Waals surface area contributed by atoms with Crippen molar-refractivity contribution in [2.45, 2.75) is 59.5 Å². The van der Waals surface area contributed by atoms with Crippen molar-refractivity contribution < 1.29 is 0 Å². The number of nitrogens with zero attached hydrogens (tertiary/aromatic N) is 3. The molecule has 0 fully saturated rings. The van der Waals surface area contributed by atoms with Crippen molar-refractivity contribution in [3.05, 3.63) is 17.6 Å². The fourth-order valence-electron chi connectivity index (χ4n) is 2.10. The average molecular weight is 264 g/mol. The highest BCUT2D eigenvalue weighted by molar-refractivity contribution is 5.34. The second-order valence-electron chi connectivity index (χ2n) is 5.33. The molecule has 0 saturated heterocycles. The molecule has 1 heterocycles. The van der Waals surface area contributed by atoms with Gasteiger partial charge in [-0.05, 0) is 33.7 Å². The Bertz CT molecular complexity index is 376. The van der Waals surface area contributed by atoms with E-state index in [0.29, 0.717) is 6.04 Å². The van der Waals surface area contributed by atoms with E-state index in [-0.39, 0.29) is 0 Å². The number of hydrogen-bond acceptors (Lipinski definition) is 4. The van der Waals surface area contributed by atoms with Crippen LogP contribution >= 0.6 is 0 Å². The summed E-state index contributed by atoms with van der Waals surface area (Å²) in [5.74, 6) is 1.81. The molecule has 0 atom stereocenters. The van der Waals surface area contributed by atoms with Gasteiger partial charge >= 0.3 is 0 Å². The summed E-state index contributed by atoms with van der Waals surface area (Å²) in [7, 11) is 1.90. The van der Waals surface area contributed by atoms with Gasteiger partial charge in [0.1, 0.15) is 11.6 Å². The molecule has 0 aromatic carbocycles. The van der Waals surface area contributed by atoms with Crippen LogP contribution in [0.15, 0.2) is 6.07 Å². The first-order chi connectivity index (χ1) is 9.06. The zero-order chi connectivity index (χ0) is 14.3. The van der Waals surface area contributed by atoms with Gasteiger partial charge in [0.25, 0.3) is 0 Å². The molecule has 1 aromatic rings. The van der Waals surface area contributed by atoms with Gasteiger partial charge in [-0.2, -0.15) is 0 Å². The van der Waals surface area contributed by atoms with Crippen molar-refractivity contribution in [1.29, 1.82) is 0 Å². The third-order valence-corrected chi connectivity index (χ3v) is 3.28. The van der Waals surface area contributed by atoms with E-state index in [2.05, 4.69) is 41.0 Å². The highest BCUT2D eigenvalue weighted by Crippen LogP contribution is 2.11. The summed E-state index contributed by atoms with van der Waals surface area (Å²) < 4.78 is 0. The second-order valence-corrected chi connectivity index (χ2v) is 5.33. The Morgan fingerprint density at radius 3 is 2.58 bits per heavy atom. The Balaban J connectivity index is 2.69. The van der Waals surface area contributed by atoms with Gasteiger partial charge in [0.05, 0.1) is 6.54 Å². The third kappa shape index (κ3) is 5.55. The van der Waals surface area contributed by atoms with Crippen LogP contribution in [0.3, 0.4) is 0 Å². The molecule has 0 aliphatic rings. The summed E-state index contributed by atoms with van der Waals surface area (Å²) in [5.41, 5.74) is 1.02. The molecule has 4 nitrogen and oxygen atoms in total. The maximum atomic E-state index is 4.54. The van der Waals surface area contributed by atoms with Crippen molar-refractivity contribution in [2.24, 2.45) is 0 Å². The van der Waals surface area contributed by atoms with Gasteiger partial charge in [-0.25, -0.2) is 9.97 Å². The molecular formula is C15H28N4. The summed E-state index contributed by atoms with van der Waals surface area (Å²) in [6.45, 7) is 10.7. The molecule has 1 aromatic heterocycles. The van der Waals surface area contributed by atoms with E-state index in [0.717, 1.165) is 30.4 Å². The normalized spacial score (nSPS) is 11.3. The maximum absolute atomic E-state index is 4.54. The van der Waals surface area contributed by atoms with E-state index in [1.54, 1.807) is 0 Å². The fraction of sp³-hybridized carbons (Fsp3) is 0.733. The van der Waals surface area contributed by atoms with E-state index in [4.69, 9.17) is 0 Å². The second kappa shape index (κ2) is 8.10. The van der Waals surface area contributed by atoms with E-state index in [1.165, 1.54) is 19.3 Å². The number of aromatic nitrogens is 2. The molecule has 19 heavy (non-hydrogen) atoms. The molecule has 0 radical (unpaired) electrons. The lowest BCUT2D eigenvalue weighted by Crippen LogP contribution is -2.32. The number of hydrogen-bond donors (Lipinski definition) is 1. The highest BCUT2D eigenvalue weighted by Gasteiger charge is 2.12. The average Bonchev–Trinajstić information content (AvgIpc) is 2.37. The van der Waals surface area contributed by atoms with Crippen molar-refractivity contribution in [3.8, 4) is 0 Å². The van der Waals surface area contributed by atoms with Gasteiger partial charge in [0.15, 0.2) is 0 Å². The summed E-state index contributed by atoms with van der Waals surface area (Å²) >= 11 is 0. The van der Waals surface area contributed by atoms with E-state index < -0.39 is 0 Å². The molecule has 0 saturated carbocycles. The monoisotopic (exact) mass is 264 g/mol. The van der Waals surface area contributed by atoms with Gasteiger partial charge in [-0.1, -0.05) is 19.8 Å². The zero-order valence-corrected chi connectivity index (χ0v) is 13.0. The molecule has 0 aliphatic carbocycles. The van der Waals surface area contributed by atoms with E-state index >= 15 is 0 Å². The largest absolute Gasteiger partial charge is 0.373 e. The predicted molar refractivity (Wildman–Crippen MR) is 81.4 cm³/mol. The van der Waals surface area contributed by atoms with Crippen LogP contribution in [0, 0.1) is 6.92 Å². The van der Waals surface area contributed by atoms with Gasteiger partial charge in [0, 0.05) is 24.8 Å². The molecule has 0 amide bonds. The lowest BCUT2D eigenvalue weighted by molar-refractivity contribution is 0.203. The smallest absolute Gasteiger partial charge is 0.144 e. The highest BCUT2D eigenvalue weighted by atomic mass is 15.2. The fourth-order valence-corrected chi connectivity index (χ4v) is 2.10. The minimum Gasteiger partial charge on any atom is -0.373 e. The third-order valence-electron chi connectivity index (χ3n) is 3.28. The molecule has 0 bridgehead atoms. The van der Waals surface area contributed by atoms with Crippen molar-refractivity contribution in [2.75, 3.05) is 18.9 Å². The Labute approximate surface area is 117 Å². The topological polar surface area (TPSA) is 41.1 Å². The Kier molecular flexibility index (Phi) is 6.78. The first kappa shape index (κ1) is 15.9. The molecule has 0 spiro atoms. The molecule has 0 unspecified atom stereocenters. The Morgan fingerprint density at radius 2 is 2.00 bits per heavy atom. The Hall–Kier alpha value is -1.16. The van der Waals surface area contributed by atoms with Crippen LogP contribution < -0.4 is 5.32 Å². The van der Waals surface area contributed by atoms with Gasteiger partial charge in [-0.3, -0.25) is 4.90 Å². The number of unbranched alkanes of at least 4 members (excludes halogenated alkanes) is 2. The molecular weight excluding hydrogens is 236 g/mol.